The SMILES string of the molecule is CC(=O)N[C@H]1[C@H](O[C@@H]2[C@H](O)[C@@H](O[C@@H]3O[C@@H](C)[C@@H](O)[C@@H](O)[C@@H]3O)[C@H](O[C@H]3[C@@H](O)[C@@H](CO)OC(O)[C@@H]3NC(C)=O)O[C@@H]2CO)O[C@H](CO)[C@@H](O[C@@H]2O[C@H](CO[C@H]3O[C@H](CO)[C@@H](O)[C@H](O)[C@@H]3O)[C@@H](O[C@H]3O[C@H](CO)[C@@H](O)[C@H](O)[C@@H]3O)[C@H](O)[C@H]2O)[C@@H]1O. The van der Waals surface area contributed by atoms with Gasteiger partial charge < -0.3 is 174 Å². The standard InChI is InChI=1S/C46H78N2O35/c1-10-21(56)26(61)31(66)43(72-10)83-39-34(69)36(17(8-53)77-46(39)82-38-20(48-12(3)55)40(70)73-15(6-51)24(38)59)79-41-19(47-11(2)54)25(60)35(16(7-52)76-41)80-45-33(68)29(64)37(81-44-32(67)28(63)23(58)14(5-50)75-44)18(78-45)9-71-42-30(65)27(62)22(57)13(4-49)74-42/h10,13-46,49-53,56-70H,4-9H2,1-3H3,(H,47,54)(H,48,55)/t10-,13+,14+,15+,16+,17+,18+,19+,20+,21+,22+,23+,24-,25+,26+,27-,28-,29+,30-,31-,32-,33+,34-,35+,36-,37+,38+,39+,40?,41-,42-,43-,44+,45-,46-/m0/s1. The van der Waals surface area contributed by atoms with E-state index in [0.717, 1.165) is 13.8 Å². The first-order valence-electron chi connectivity index (χ1n) is 26.5. The molecule has 37 nitrogen and oxygen atoms in total. The molecule has 83 heavy (non-hydrogen) atoms. The molecule has 0 aliphatic carbocycles. The monoisotopic (exact) mass is 1220 g/mol. The van der Waals surface area contributed by atoms with Crippen molar-refractivity contribution in [2.75, 3.05) is 39.6 Å². The lowest BCUT2D eigenvalue weighted by molar-refractivity contribution is -0.398. The molecule has 0 saturated carbocycles. The topological polar surface area (TPSA) is 583 Å². The number of rotatable bonds is 20. The van der Waals surface area contributed by atoms with E-state index in [9.17, 15) is 112 Å². The zero-order valence-corrected chi connectivity index (χ0v) is 44.5. The molecule has 2 amide bonds. The molecule has 7 aliphatic heterocycles. The van der Waals surface area contributed by atoms with E-state index < -0.39 is 266 Å². The second kappa shape index (κ2) is 29.3. The van der Waals surface area contributed by atoms with Crippen molar-refractivity contribution >= 4 is 11.8 Å². The number of amides is 2. The molecule has 0 aromatic rings. The molecule has 22 N–H and O–H groups in total. The van der Waals surface area contributed by atoms with E-state index in [1.165, 1.54) is 6.92 Å². The van der Waals surface area contributed by atoms with Gasteiger partial charge in [-0.25, -0.2) is 0 Å². The van der Waals surface area contributed by atoms with Crippen LogP contribution in [0, 0.1) is 0 Å². The van der Waals surface area contributed by atoms with Crippen LogP contribution in [0.2, 0.25) is 0 Å². The third-order valence-electron chi connectivity index (χ3n) is 15.3. The maximum atomic E-state index is 12.9. The van der Waals surface area contributed by atoms with E-state index in [1.54, 1.807) is 0 Å². The Bertz CT molecular complexity index is 2040. The van der Waals surface area contributed by atoms with Crippen LogP contribution >= 0.6 is 0 Å². The molecule has 7 saturated heterocycles. The van der Waals surface area contributed by atoms with E-state index >= 15 is 0 Å². The smallest absolute Gasteiger partial charge is 0.217 e. The zero-order valence-electron chi connectivity index (χ0n) is 44.5. The molecule has 0 bridgehead atoms. The van der Waals surface area contributed by atoms with Crippen LogP contribution in [0.1, 0.15) is 20.8 Å². The predicted octanol–water partition coefficient (Wildman–Crippen LogP) is -15.0. The van der Waals surface area contributed by atoms with Gasteiger partial charge in [-0.1, -0.05) is 0 Å². The molecule has 0 spiro atoms. The Hall–Kier alpha value is -2.38. The van der Waals surface area contributed by atoms with Crippen LogP contribution in [0.5, 0.6) is 0 Å². The molecule has 0 aromatic heterocycles. The summed E-state index contributed by atoms with van der Waals surface area (Å²) in [6.45, 7) is -2.61. The average Bonchev–Trinajstić information content (AvgIpc) is 3.40. The normalized spacial score (nSPS) is 50.8. The molecule has 7 aliphatic rings. The van der Waals surface area contributed by atoms with Gasteiger partial charge in [0.25, 0.3) is 0 Å². The van der Waals surface area contributed by atoms with Crippen LogP contribution in [0.15, 0.2) is 0 Å². The summed E-state index contributed by atoms with van der Waals surface area (Å²) in [5.41, 5.74) is 0. The predicted molar refractivity (Wildman–Crippen MR) is 254 cm³/mol. The molecular formula is C46H78N2O35. The maximum absolute atomic E-state index is 12.9. The number of hydrogen-bond donors (Lipinski definition) is 22. The first kappa shape index (κ1) is 68.1. The lowest BCUT2D eigenvalue weighted by Gasteiger charge is -2.51. The zero-order chi connectivity index (χ0) is 61.2. The fourth-order valence-corrected chi connectivity index (χ4v) is 10.6. The van der Waals surface area contributed by atoms with Crippen molar-refractivity contribution < 1.29 is 173 Å². The van der Waals surface area contributed by atoms with Gasteiger partial charge in [-0.05, 0) is 6.92 Å². The minimum Gasteiger partial charge on any atom is -0.394 e. The first-order valence-corrected chi connectivity index (χ1v) is 26.5. The molecule has 37 heteroatoms. The highest BCUT2D eigenvalue weighted by Crippen LogP contribution is 2.38. The van der Waals surface area contributed by atoms with Crippen molar-refractivity contribution in [3.8, 4) is 0 Å². The Morgan fingerprint density at radius 2 is 0.711 bits per heavy atom. The van der Waals surface area contributed by atoms with Gasteiger partial charge in [0, 0.05) is 13.8 Å². The van der Waals surface area contributed by atoms with Gasteiger partial charge in [-0.15, -0.1) is 0 Å². The average molecular weight is 1220 g/mol. The quantitative estimate of drug-likeness (QED) is 0.0538. The number of carbonyl (C=O) groups is 2. The molecular weight excluding hydrogens is 1140 g/mol. The second-order valence-corrected chi connectivity index (χ2v) is 21.1. The third kappa shape index (κ3) is 14.7. The Kier molecular flexibility index (Phi) is 24.0. The first-order chi connectivity index (χ1) is 39.2. The van der Waals surface area contributed by atoms with E-state index in [-0.39, 0.29) is 0 Å². The van der Waals surface area contributed by atoms with Gasteiger partial charge >= 0.3 is 0 Å². The molecule has 35 atom stereocenters. The Morgan fingerprint density at radius 3 is 1.24 bits per heavy atom. The fourth-order valence-electron chi connectivity index (χ4n) is 10.6. The van der Waals surface area contributed by atoms with Gasteiger partial charge in [-0.3, -0.25) is 9.59 Å². The van der Waals surface area contributed by atoms with E-state index in [4.69, 9.17) is 61.6 Å². The summed E-state index contributed by atoms with van der Waals surface area (Å²) in [5, 5.41) is 221. The summed E-state index contributed by atoms with van der Waals surface area (Å²) in [6.07, 6.45) is -63.7. The largest absolute Gasteiger partial charge is 0.394 e. The summed E-state index contributed by atoms with van der Waals surface area (Å²) < 4.78 is 75.3. The molecule has 7 fully saturated rings. The highest BCUT2D eigenvalue weighted by Gasteiger charge is 2.59. The molecule has 0 aromatic carbocycles. The van der Waals surface area contributed by atoms with Crippen LogP contribution in [-0.4, -0.2) is 368 Å². The summed E-state index contributed by atoms with van der Waals surface area (Å²) in [7, 11) is 0. The maximum Gasteiger partial charge on any atom is 0.217 e. The number of aliphatic hydroxyl groups excluding tert-OH is 20. The Labute approximate surface area is 470 Å². The van der Waals surface area contributed by atoms with Crippen LogP contribution < -0.4 is 10.6 Å². The fraction of sp³-hybridized carbons (Fsp3) is 0.957. The molecule has 1 unspecified atom stereocenters. The van der Waals surface area contributed by atoms with E-state index in [1.807, 2.05) is 0 Å². The summed E-state index contributed by atoms with van der Waals surface area (Å²) in [5.74, 6) is -1.69. The molecule has 7 rings (SSSR count). The molecule has 482 valence electrons. The number of hydrogen-bond acceptors (Lipinski definition) is 35. The van der Waals surface area contributed by atoms with Crippen molar-refractivity contribution in [1.82, 2.24) is 10.6 Å². The lowest BCUT2D eigenvalue weighted by Crippen LogP contribution is -2.71. The van der Waals surface area contributed by atoms with Gasteiger partial charge in [0.1, 0.15) is 165 Å². The van der Waals surface area contributed by atoms with Crippen molar-refractivity contribution in [2.45, 2.75) is 236 Å². The van der Waals surface area contributed by atoms with Gasteiger partial charge in [-0.2, -0.15) is 0 Å². The third-order valence-corrected chi connectivity index (χ3v) is 15.3. The number of nitrogens with one attached hydrogen (secondary N) is 2. The van der Waals surface area contributed by atoms with Crippen LogP contribution in [0.25, 0.3) is 0 Å². The molecule has 7 heterocycles. The van der Waals surface area contributed by atoms with Gasteiger partial charge in [0.15, 0.2) is 44.0 Å². The summed E-state index contributed by atoms with van der Waals surface area (Å²) >= 11 is 0. The summed E-state index contributed by atoms with van der Waals surface area (Å²) in [6, 6.07) is -3.53. The number of carbonyl (C=O) groups excluding carboxylic acids is 2. The second-order valence-electron chi connectivity index (χ2n) is 21.1. The Balaban J connectivity index is 1.16. The highest BCUT2D eigenvalue weighted by molar-refractivity contribution is 5.73. The van der Waals surface area contributed by atoms with Crippen molar-refractivity contribution in [3.63, 3.8) is 0 Å². The van der Waals surface area contributed by atoms with Crippen molar-refractivity contribution in [1.29, 1.82) is 0 Å². The van der Waals surface area contributed by atoms with Crippen molar-refractivity contribution in [3.05, 3.63) is 0 Å². The van der Waals surface area contributed by atoms with E-state index in [0.29, 0.717) is 0 Å². The minimum absolute atomic E-state index is 0.783. The van der Waals surface area contributed by atoms with Gasteiger partial charge in [0.05, 0.1) is 45.7 Å². The van der Waals surface area contributed by atoms with E-state index in [2.05, 4.69) is 10.6 Å². The van der Waals surface area contributed by atoms with Crippen LogP contribution in [-0.2, 0) is 71.2 Å². The highest BCUT2D eigenvalue weighted by atomic mass is 16.8. The van der Waals surface area contributed by atoms with Crippen molar-refractivity contribution in [2.24, 2.45) is 0 Å². The lowest BCUT2D eigenvalue weighted by atomic mass is 9.93. The van der Waals surface area contributed by atoms with Crippen LogP contribution in [0.3, 0.4) is 0 Å². The van der Waals surface area contributed by atoms with Crippen LogP contribution in [0.4, 0.5) is 0 Å². The molecule has 0 radical (unpaired) electrons. The number of ether oxygens (including phenoxy) is 13. The minimum atomic E-state index is -2.30. The summed E-state index contributed by atoms with van der Waals surface area (Å²) in [4.78, 5) is 25.1. The Morgan fingerprint density at radius 1 is 0.337 bits per heavy atom. The number of aliphatic hydroxyl groups is 20. The van der Waals surface area contributed by atoms with Gasteiger partial charge in [0.2, 0.25) is 11.8 Å².